The molecular weight excluding hydrogens is 333 g/mol. The highest BCUT2D eigenvalue weighted by Gasteiger charge is 2.12. The van der Waals surface area contributed by atoms with E-state index in [9.17, 15) is 4.39 Å². The average molecular weight is 352 g/mol. The maximum atomic E-state index is 13.9. The van der Waals surface area contributed by atoms with Gasteiger partial charge in [-0.15, -0.1) is 0 Å². The zero-order valence-electron chi connectivity index (χ0n) is 12.1. The van der Waals surface area contributed by atoms with Crippen LogP contribution in [0.5, 0.6) is 5.75 Å². The van der Waals surface area contributed by atoms with Crippen molar-refractivity contribution in [2.24, 2.45) is 5.73 Å². The van der Waals surface area contributed by atoms with Crippen molar-refractivity contribution in [3.8, 4) is 5.75 Å². The van der Waals surface area contributed by atoms with Crippen molar-refractivity contribution in [1.82, 2.24) is 0 Å². The molecule has 0 radical (unpaired) electrons. The van der Waals surface area contributed by atoms with E-state index < -0.39 is 0 Å². The van der Waals surface area contributed by atoms with Crippen LogP contribution in [0.2, 0.25) is 0 Å². The Balaban J connectivity index is 2.14. The monoisotopic (exact) mass is 351 g/mol. The normalized spacial score (nSPS) is 12.5. The molecule has 1 unspecified atom stereocenters. The lowest BCUT2D eigenvalue weighted by atomic mass is 9.99. The summed E-state index contributed by atoms with van der Waals surface area (Å²) in [5, 5.41) is 0. The fraction of sp³-hybridized carbons (Fsp3) is 0.294. The average Bonchev–Trinajstić information content (AvgIpc) is 2.41. The lowest BCUT2D eigenvalue weighted by Gasteiger charge is -2.15. The maximum Gasteiger partial charge on any atom is 0.127 e. The van der Waals surface area contributed by atoms with Crippen molar-refractivity contribution >= 4 is 15.9 Å². The van der Waals surface area contributed by atoms with E-state index in [-0.39, 0.29) is 18.0 Å². The van der Waals surface area contributed by atoms with E-state index in [1.807, 2.05) is 44.2 Å². The molecule has 0 spiro atoms. The van der Waals surface area contributed by atoms with Crippen LogP contribution in [0.4, 0.5) is 4.39 Å². The lowest BCUT2D eigenvalue weighted by molar-refractivity contribution is 0.242. The van der Waals surface area contributed by atoms with E-state index in [0.717, 1.165) is 15.8 Å². The third kappa shape index (κ3) is 4.55. The predicted octanol–water partition coefficient (Wildman–Crippen LogP) is 4.62. The fourth-order valence-corrected chi connectivity index (χ4v) is 2.47. The Morgan fingerprint density at radius 1 is 1.19 bits per heavy atom. The molecule has 112 valence electrons. The Morgan fingerprint density at radius 3 is 2.62 bits per heavy atom. The van der Waals surface area contributed by atoms with Gasteiger partial charge in [0.25, 0.3) is 0 Å². The van der Waals surface area contributed by atoms with Crippen molar-refractivity contribution in [3.63, 3.8) is 0 Å². The summed E-state index contributed by atoms with van der Waals surface area (Å²) in [6.45, 7) is 3.95. The van der Waals surface area contributed by atoms with Gasteiger partial charge in [0.05, 0.1) is 6.10 Å². The van der Waals surface area contributed by atoms with Gasteiger partial charge in [-0.2, -0.15) is 0 Å². The van der Waals surface area contributed by atoms with E-state index in [1.54, 1.807) is 6.07 Å². The molecule has 0 aromatic heterocycles. The van der Waals surface area contributed by atoms with Crippen molar-refractivity contribution in [1.29, 1.82) is 0 Å². The molecule has 0 amide bonds. The third-order valence-corrected chi connectivity index (χ3v) is 3.61. The van der Waals surface area contributed by atoms with Gasteiger partial charge in [0, 0.05) is 10.5 Å². The van der Waals surface area contributed by atoms with E-state index in [4.69, 9.17) is 10.5 Å². The van der Waals surface area contributed by atoms with Gasteiger partial charge in [0.15, 0.2) is 0 Å². The summed E-state index contributed by atoms with van der Waals surface area (Å²) < 4.78 is 20.3. The summed E-state index contributed by atoms with van der Waals surface area (Å²) in [6.07, 6.45) is 0.560. The van der Waals surface area contributed by atoms with Gasteiger partial charge < -0.3 is 10.5 Å². The van der Waals surface area contributed by atoms with Gasteiger partial charge in [0.1, 0.15) is 11.6 Å². The standard InChI is InChI=1S/C17H19BrFNO/c1-11(2)21-15-5-3-4-13(8-15)17(20)9-12-6-7-14(18)10-16(12)19/h3-8,10-11,17H,9,20H2,1-2H3. The van der Waals surface area contributed by atoms with E-state index in [1.165, 1.54) is 6.07 Å². The Bertz CT molecular complexity index is 615. The highest BCUT2D eigenvalue weighted by molar-refractivity contribution is 9.10. The van der Waals surface area contributed by atoms with Crippen LogP contribution in [0.3, 0.4) is 0 Å². The van der Waals surface area contributed by atoms with Crippen molar-refractivity contribution in [3.05, 3.63) is 63.9 Å². The molecule has 2 nitrogen and oxygen atoms in total. The molecule has 2 aromatic rings. The second kappa shape index (κ2) is 7.05. The van der Waals surface area contributed by atoms with Crippen LogP contribution in [-0.4, -0.2) is 6.10 Å². The molecule has 0 aliphatic heterocycles. The number of rotatable bonds is 5. The molecular formula is C17H19BrFNO. The van der Waals surface area contributed by atoms with Gasteiger partial charge in [-0.3, -0.25) is 0 Å². The van der Waals surface area contributed by atoms with Crippen molar-refractivity contribution < 1.29 is 9.13 Å². The molecule has 1 atom stereocenters. The van der Waals surface area contributed by atoms with Crippen LogP contribution in [-0.2, 0) is 6.42 Å². The number of hydrogen-bond donors (Lipinski definition) is 1. The SMILES string of the molecule is CC(C)Oc1cccc(C(N)Cc2ccc(Br)cc2F)c1. The molecule has 4 heteroatoms. The molecule has 2 rings (SSSR count). The summed E-state index contributed by atoms with van der Waals surface area (Å²) in [5.41, 5.74) is 7.75. The second-order valence-electron chi connectivity index (χ2n) is 5.29. The molecule has 0 fully saturated rings. The number of hydrogen-bond acceptors (Lipinski definition) is 2. The van der Waals surface area contributed by atoms with Crippen molar-refractivity contribution in [2.45, 2.75) is 32.4 Å². The van der Waals surface area contributed by atoms with Crippen LogP contribution < -0.4 is 10.5 Å². The smallest absolute Gasteiger partial charge is 0.127 e. The first-order valence-electron chi connectivity index (χ1n) is 6.92. The van der Waals surface area contributed by atoms with Gasteiger partial charge in [0.2, 0.25) is 0 Å². The van der Waals surface area contributed by atoms with E-state index in [2.05, 4.69) is 15.9 Å². The number of nitrogens with two attached hydrogens (primary N) is 1. The Labute approximate surface area is 133 Å². The minimum atomic E-state index is -0.267. The summed E-state index contributed by atoms with van der Waals surface area (Å²) in [7, 11) is 0. The van der Waals surface area contributed by atoms with Crippen molar-refractivity contribution in [2.75, 3.05) is 0 Å². The number of halogens is 2. The highest BCUT2D eigenvalue weighted by atomic mass is 79.9. The van der Waals surface area contributed by atoms with Crippen LogP contribution in [0, 0.1) is 5.82 Å². The van der Waals surface area contributed by atoms with Gasteiger partial charge in [-0.1, -0.05) is 34.1 Å². The third-order valence-electron chi connectivity index (χ3n) is 3.11. The lowest BCUT2D eigenvalue weighted by Crippen LogP contribution is -2.14. The molecule has 0 heterocycles. The summed E-state index contributed by atoms with van der Waals surface area (Å²) in [4.78, 5) is 0. The Kier molecular flexibility index (Phi) is 5.37. The van der Waals surface area contributed by atoms with E-state index >= 15 is 0 Å². The first-order valence-corrected chi connectivity index (χ1v) is 7.71. The molecule has 0 saturated heterocycles. The Morgan fingerprint density at radius 2 is 1.95 bits per heavy atom. The Hall–Kier alpha value is -1.39. The first kappa shape index (κ1) is 16.0. The predicted molar refractivity (Wildman–Crippen MR) is 86.9 cm³/mol. The van der Waals surface area contributed by atoms with E-state index in [0.29, 0.717) is 12.0 Å². The van der Waals surface area contributed by atoms with Gasteiger partial charge >= 0.3 is 0 Å². The van der Waals surface area contributed by atoms with Gasteiger partial charge in [-0.25, -0.2) is 4.39 Å². The summed E-state index contributed by atoms with van der Waals surface area (Å²) in [6, 6.07) is 12.4. The number of benzene rings is 2. The minimum Gasteiger partial charge on any atom is -0.491 e. The summed E-state index contributed by atoms with van der Waals surface area (Å²) >= 11 is 3.25. The largest absolute Gasteiger partial charge is 0.491 e. The molecule has 0 aliphatic carbocycles. The molecule has 21 heavy (non-hydrogen) atoms. The summed E-state index contributed by atoms with van der Waals surface area (Å²) in [5.74, 6) is 0.545. The molecule has 0 saturated carbocycles. The minimum absolute atomic E-state index is 0.111. The number of ether oxygens (including phenoxy) is 1. The van der Waals surface area contributed by atoms with Crippen LogP contribution in [0.25, 0.3) is 0 Å². The fourth-order valence-electron chi connectivity index (χ4n) is 2.13. The molecule has 0 bridgehead atoms. The van der Waals surface area contributed by atoms with Gasteiger partial charge in [-0.05, 0) is 55.7 Å². The molecule has 2 aromatic carbocycles. The van der Waals surface area contributed by atoms with Crippen LogP contribution >= 0.6 is 15.9 Å². The molecule has 0 aliphatic rings. The molecule has 2 N–H and O–H groups in total. The second-order valence-corrected chi connectivity index (χ2v) is 6.20. The first-order chi connectivity index (χ1) is 9.95. The highest BCUT2D eigenvalue weighted by Crippen LogP contribution is 2.24. The zero-order chi connectivity index (χ0) is 15.4. The zero-order valence-corrected chi connectivity index (χ0v) is 13.7. The van der Waals surface area contributed by atoms with Crippen LogP contribution in [0.1, 0.15) is 31.0 Å². The topological polar surface area (TPSA) is 35.2 Å². The van der Waals surface area contributed by atoms with Crippen LogP contribution in [0.15, 0.2) is 46.9 Å². The quantitative estimate of drug-likeness (QED) is 0.852. The maximum absolute atomic E-state index is 13.9.